The fourth-order valence-electron chi connectivity index (χ4n) is 3.54. The maximum atomic E-state index is 10.2. The summed E-state index contributed by atoms with van der Waals surface area (Å²) in [4.78, 5) is 2.44. The van der Waals surface area contributed by atoms with Gasteiger partial charge in [-0.25, -0.2) is 0 Å². The third-order valence-electron chi connectivity index (χ3n) is 4.86. The summed E-state index contributed by atoms with van der Waals surface area (Å²) in [5.41, 5.74) is 5.58. The molecule has 0 aliphatic carbocycles. The Balaban J connectivity index is 1.63. The first kappa shape index (κ1) is 18.1. The zero-order chi connectivity index (χ0) is 18.8. The largest absolute Gasteiger partial charge is 0.503 e. The minimum atomic E-state index is 0.121. The molecule has 3 aromatic rings. The summed E-state index contributed by atoms with van der Waals surface area (Å²) in [6.07, 6.45) is 0.951. The van der Waals surface area contributed by atoms with Crippen LogP contribution in [0.3, 0.4) is 0 Å². The molecule has 0 spiro atoms. The first-order chi connectivity index (χ1) is 13.2. The van der Waals surface area contributed by atoms with E-state index in [0.717, 1.165) is 37.3 Å². The molecule has 0 bridgehead atoms. The standard InChI is InChI=1S/C21H22BrN3O2/c1-2-27-19-11-15(10-17(22)21(19)26)20-16-13-25(9-8-18(16)23-24-20)12-14-6-4-3-5-7-14/h3-7,10-11,26H,2,8-9,12-13H2,1H3,(H,23,24). The van der Waals surface area contributed by atoms with Crippen LogP contribution in [0.15, 0.2) is 46.9 Å². The number of aromatic nitrogens is 2. The average Bonchev–Trinajstić information content (AvgIpc) is 3.09. The minimum Gasteiger partial charge on any atom is -0.503 e. The number of nitrogens with one attached hydrogen (secondary N) is 1. The van der Waals surface area contributed by atoms with Crippen LogP contribution in [0.1, 0.15) is 23.7 Å². The molecule has 4 rings (SSSR count). The quantitative estimate of drug-likeness (QED) is 0.628. The highest BCUT2D eigenvalue weighted by Gasteiger charge is 2.24. The lowest BCUT2D eigenvalue weighted by atomic mass is 10.00. The molecule has 2 N–H and O–H groups in total. The molecule has 2 heterocycles. The monoisotopic (exact) mass is 427 g/mol. The number of phenolic OH excluding ortho intramolecular Hbond substituents is 1. The van der Waals surface area contributed by atoms with E-state index in [0.29, 0.717) is 16.8 Å². The predicted octanol–water partition coefficient (Wildman–Crippen LogP) is 4.50. The van der Waals surface area contributed by atoms with Gasteiger partial charge in [-0.05, 0) is 40.5 Å². The molecule has 1 aliphatic rings. The van der Waals surface area contributed by atoms with E-state index in [1.54, 1.807) is 0 Å². The molecule has 6 heteroatoms. The van der Waals surface area contributed by atoms with Crippen molar-refractivity contribution in [2.45, 2.75) is 26.4 Å². The Kier molecular flexibility index (Phi) is 5.18. The lowest BCUT2D eigenvalue weighted by molar-refractivity contribution is 0.245. The van der Waals surface area contributed by atoms with Crippen molar-refractivity contribution in [3.05, 3.63) is 63.8 Å². The molecule has 0 amide bonds. The number of aromatic amines is 1. The van der Waals surface area contributed by atoms with Crippen molar-refractivity contribution >= 4 is 15.9 Å². The summed E-state index contributed by atoms with van der Waals surface area (Å²) in [7, 11) is 0. The van der Waals surface area contributed by atoms with E-state index in [1.165, 1.54) is 16.8 Å². The number of nitrogens with zero attached hydrogens (tertiary/aromatic N) is 2. The molecule has 0 unspecified atom stereocenters. The van der Waals surface area contributed by atoms with Gasteiger partial charge in [-0.15, -0.1) is 0 Å². The van der Waals surface area contributed by atoms with Crippen LogP contribution < -0.4 is 4.74 Å². The maximum absolute atomic E-state index is 10.2. The number of hydrogen-bond donors (Lipinski definition) is 2. The van der Waals surface area contributed by atoms with Crippen LogP contribution in [0.2, 0.25) is 0 Å². The first-order valence-electron chi connectivity index (χ1n) is 9.13. The minimum absolute atomic E-state index is 0.121. The third-order valence-corrected chi connectivity index (χ3v) is 5.47. The second-order valence-electron chi connectivity index (χ2n) is 6.71. The molecule has 0 fully saturated rings. The van der Waals surface area contributed by atoms with Crippen molar-refractivity contribution < 1.29 is 9.84 Å². The molecule has 1 aromatic heterocycles. The number of halogens is 1. The molecule has 0 saturated carbocycles. The topological polar surface area (TPSA) is 61.4 Å². The molecule has 0 atom stereocenters. The Labute approximate surface area is 167 Å². The van der Waals surface area contributed by atoms with Gasteiger partial charge in [0.1, 0.15) is 0 Å². The number of ether oxygens (including phenoxy) is 1. The van der Waals surface area contributed by atoms with Crippen LogP contribution in [0, 0.1) is 0 Å². The highest BCUT2D eigenvalue weighted by atomic mass is 79.9. The molecular formula is C21H22BrN3O2. The van der Waals surface area contributed by atoms with Crippen molar-refractivity contribution in [2.75, 3.05) is 13.2 Å². The van der Waals surface area contributed by atoms with Crippen molar-refractivity contribution in [3.63, 3.8) is 0 Å². The SMILES string of the molecule is CCOc1cc(-c2n[nH]c3c2CN(Cc2ccccc2)CC3)cc(Br)c1O. The molecule has 5 nitrogen and oxygen atoms in total. The number of H-pyrrole nitrogens is 1. The van der Waals surface area contributed by atoms with Gasteiger partial charge in [-0.3, -0.25) is 10.00 Å². The molecule has 0 saturated heterocycles. The molecule has 2 aromatic carbocycles. The molecule has 140 valence electrons. The second-order valence-corrected chi connectivity index (χ2v) is 7.57. The van der Waals surface area contributed by atoms with Crippen LogP contribution in [0.4, 0.5) is 0 Å². The number of phenols is 1. The normalized spacial score (nSPS) is 14.1. The van der Waals surface area contributed by atoms with Gasteiger partial charge in [0.2, 0.25) is 0 Å². The molecule has 0 radical (unpaired) electrons. The first-order valence-corrected chi connectivity index (χ1v) is 9.93. The number of aromatic hydroxyl groups is 1. The van der Waals surface area contributed by atoms with E-state index in [2.05, 4.69) is 55.3 Å². The predicted molar refractivity (Wildman–Crippen MR) is 109 cm³/mol. The second kappa shape index (κ2) is 7.74. The fourth-order valence-corrected chi connectivity index (χ4v) is 3.98. The van der Waals surface area contributed by atoms with Gasteiger partial charge < -0.3 is 9.84 Å². The van der Waals surface area contributed by atoms with Crippen molar-refractivity contribution in [2.24, 2.45) is 0 Å². The van der Waals surface area contributed by atoms with Gasteiger partial charge >= 0.3 is 0 Å². The van der Waals surface area contributed by atoms with E-state index in [4.69, 9.17) is 4.74 Å². The highest BCUT2D eigenvalue weighted by Crippen LogP contribution is 2.40. The van der Waals surface area contributed by atoms with Gasteiger partial charge in [-0.1, -0.05) is 30.3 Å². The zero-order valence-corrected chi connectivity index (χ0v) is 16.8. The molecular weight excluding hydrogens is 406 g/mol. The van der Waals surface area contributed by atoms with E-state index < -0.39 is 0 Å². The Morgan fingerprint density at radius 3 is 2.85 bits per heavy atom. The van der Waals surface area contributed by atoms with Crippen molar-refractivity contribution in [1.29, 1.82) is 0 Å². The maximum Gasteiger partial charge on any atom is 0.172 e. The average molecular weight is 428 g/mol. The number of fused-ring (bicyclic) bond motifs is 1. The van der Waals surface area contributed by atoms with E-state index >= 15 is 0 Å². The molecule has 1 aliphatic heterocycles. The van der Waals surface area contributed by atoms with E-state index in [1.807, 2.05) is 25.1 Å². The summed E-state index contributed by atoms with van der Waals surface area (Å²) in [6, 6.07) is 14.3. The van der Waals surface area contributed by atoms with Crippen LogP contribution in [0.25, 0.3) is 11.3 Å². The van der Waals surface area contributed by atoms with E-state index in [-0.39, 0.29) is 5.75 Å². The third kappa shape index (κ3) is 3.73. The number of benzene rings is 2. The Morgan fingerprint density at radius 1 is 1.26 bits per heavy atom. The van der Waals surface area contributed by atoms with Crippen molar-refractivity contribution in [3.8, 4) is 22.8 Å². The van der Waals surface area contributed by atoms with Gasteiger partial charge in [0.25, 0.3) is 0 Å². The summed E-state index contributed by atoms with van der Waals surface area (Å²) in [5.74, 6) is 0.589. The fraction of sp³-hybridized carbons (Fsp3) is 0.286. The highest BCUT2D eigenvalue weighted by molar-refractivity contribution is 9.10. The molecule has 27 heavy (non-hydrogen) atoms. The smallest absolute Gasteiger partial charge is 0.172 e. The summed E-state index contributed by atoms with van der Waals surface area (Å²) < 4.78 is 6.18. The Bertz CT molecular complexity index is 940. The van der Waals surface area contributed by atoms with Gasteiger partial charge in [-0.2, -0.15) is 5.10 Å². The summed E-state index contributed by atoms with van der Waals surface area (Å²) >= 11 is 3.43. The van der Waals surface area contributed by atoms with Gasteiger partial charge in [0.05, 0.1) is 16.8 Å². The van der Waals surface area contributed by atoms with Crippen LogP contribution in [-0.4, -0.2) is 33.4 Å². The lowest BCUT2D eigenvalue weighted by Crippen LogP contribution is -2.29. The zero-order valence-electron chi connectivity index (χ0n) is 15.2. The number of rotatable bonds is 5. The van der Waals surface area contributed by atoms with Gasteiger partial charge in [0.15, 0.2) is 11.5 Å². The van der Waals surface area contributed by atoms with Crippen LogP contribution in [0.5, 0.6) is 11.5 Å². The Morgan fingerprint density at radius 2 is 2.07 bits per heavy atom. The summed E-state index contributed by atoms with van der Waals surface area (Å²) in [6.45, 7) is 5.17. The van der Waals surface area contributed by atoms with Crippen LogP contribution in [-0.2, 0) is 19.5 Å². The summed E-state index contributed by atoms with van der Waals surface area (Å²) in [5, 5.41) is 18.0. The van der Waals surface area contributed by atoms with Crippen LogP contribution >= 0.6 is 15.9 Å². The lowest BCUT2D eigenvalue weighted by Gasteiger charge is -2.27. The van der Waals surface area contributed by atoms with E-state index in [9.17, 15) is 5.11 Å². The van der Waals surface area contributed by atoms with Crippen molar-refractivity contribution in [1.82, 2.24) is 15.1 Å². The number of hydrogen-bond acceptors (Lipinski definition) is 4. The Hall–Kier alpha value is -2.31. The van der Waals surface area contributed by atoms with Gasteiger partial charge in [0, 0.05) is 42.9 Å².